The molecule has 0 amide bonds. The van der Waals surface area contributed by atoms with E-state index in [4.69, 9.17) is 10.5 Å². The maximum Gasteiger partial charge on any atom is 0.0829 e. The molecule has 0 spiro atoms. The molecule has 1 saturated carbocycles. The molecule has 0 aromatic heterocycles. The molecule has 0 saturated heterocycles. The molecule has 108 valence electrons. The lowest BCUT2D eigenvalue weighted by Gasteiger charge is -2.46. The van der Waals surface area contributed by atoms with Gasteiger partial charge in [0.05, 0.1) is 5.60 Å². The lowest BCUT2D eigenvalue weighted by Crippen LogP contribution is -2.52. The Morgan fingerprint density at radius 2 is 1.61 bits per heavy atom. The Kier molecular flexibility index (Phi) is 4.88. The average molecular weight is 255 g/mol. The van der Waals surface area contributed by atoms with Crippen LogP contribution < -0.4 is 5.73 Å². The number of ether oxygens (including phenoxy) is 1. The fourth-order valence-corrected chi connectivity index (χ4v) is 2.93. The van der Waals surface area contributed by atoms with Crippen molar-refractivity contribution in [3.8, 4) is 0 Å². The number of rotatable bonds is 4. The van der Waals surface area contributed by atoms with Crippen LogP contribution in [0.15, 0.2) is 0 Å². The second kappa shape index (κ2) is 5.50. The minimum absolute atomic E-state index is 0.0687. The second-order valence-electron chi connectivity index (χ2n) is 8.14. The van der Waals surface area contributed by atoms with Crippen molar-refractivity contribution in [1.82, 2.24) is 0 Å². The van der Waals surface area contributed by atoms with Crippen molar-refractivity contribution < 1.29 is 4.74 Å². The van der Waals surface area contributed by atoms with Crippen molar-refractivity contribution in [2.45, 2.75) is 84.8 Å². The molecule has 1 aliphatic carbocycles. The van der Waals surface area contributed by atoms with E-state index >= 15 is 0 Å². The molecule has 1 unspecified atom stereocenters. The molecule has 0 aliphatic heterocycles. The van der Waals surface area contributed by atoms with Crippen LogP contribution in [0.2, 0.25) is 0 Å². The first kappa shape index (κ1) is 16.0. The van der Waals surface area contributed by atoms with Crippen LogP contribution >= 0.6 is 0 Å². The standard InChI is InChI=1S/C16H33NO/c1-14(2,3)8-7-13(17)16(18-6)11-9-15(4,5)10-12-16/h13H,7-12,17H2,1-6H3. The largest absolute Gasteiger partial charge is 0.377 e. The van der Waals surface area contributed by atoms with Crippen molar-refractivity contribution in [2.75, 3.05) is 7.11 Å². The van der Waals surface area contributed by atoms with E-state index in [1.165, 1.54) is 19.3 Å². The van der Waals surface area contributed by atoms with Crippen LogP contribution in [-0.4, -0.2) is 18.8 Å². The topological polar surface area (TPSA) is 35.2 Å². The monoisotopic (exact) mass is 255 g/mol. The highest BCUT2D eigenvalue weighted by atomic mass is 16.5. The summed E-state index contributed by atoms with van der Waals surface area (Å²) in [5.41, 5.74) is 7.22. The highest BCUT2D eigenvalue weighted by Gasteiger charge is 2.42. The zero-order valence-electron chi connectivity index (χ0n) is 13.3. The lowest BCUT2D eigenvalue weighted by molar-refractivity contribution is -0.0811. The maximum atomic E-state index is 6.46. The lowest BCUT2D eigenvalue weighted by atomic mass is 9.67. The Hall–Kier alpha value is -0.0800. The zero-order chi connectivity index (χ0) is 14.0. The Balaban J connectivity index is 2.60. The summed E-state index contributed by atoms with van der Waals surface area (Å²) in [4.78, 5) is 0. The Bertz CT molecular complexity index is 255. The molecule has 1 fully saturated rings. The SMILES string of the molecule is COC1(C(N)CCC(C)(C)C)CCC(C)(C)CC1. The van der Waals surface area contributed by atoms with E-state index in [0.717, 1.165) is 19.3 Å². The van der Waals surface area contributed by atoms with Gasteiger partial charge in [0.2, 0.25) is 0 Å². The predicted octanol–water partition coefficient (Wildman–Crippen LogP) is 4.13. The number of hydrogen-bond donors (Lipinski definition) is 1. The Morgan fingerprint density at radius 3 is 2.00 bits per heavy atom. The molecule has 1 aliphatic rings. The van der Waals surface area contributed by atoms with E-state index in [-0.39, 0.29) is 11.6 Å². The first-order chi connectivity index (χ1) is 8.10. The number of methoxy groups -OCH3 is 1. The van der Waals surface area contributed by atoms with Gasteiger partial charge in [0.25, 0.3) is 0 Å². The fourth-order valence-electron chi connectivity index (χ4n) is 2.93. The van der Waals surface area contributed by atoms with Crippen LogP contribution in [0.25, 0.3) is 0 Å². The third-order valence-electron chi connectivity index (χ3n) is 4.74. The molecule has 2 N–H and O–H groups in total. The minimum Gasteiger partial charge on any atom is -0.377 e. The molecule has 0 radical (unpaired) electrons. The number of hydrogen-bond acceptors (Lipinski definition) is 2. The molecule has 2 nitrogen and oxygen atoms in total. The van der Waals surface area contributed by atoms with Gasteiger partial charge < -0.3 is 10.5 Å². The van der Waals surface area contributed by atoms with Crippen LogP contribution in [0.1, 0.15) is 73.1 Å². The first-order valence-electron chi connectivity index (χ1n) is 7.41. The smallest absolute Gasteiger partial charge is 0.0829 e. The van der Waals surface area contributed by atoms with Crippen LogP contribution in [-0.2, 0) is 4.74 Å². The molecule has 0 aromatic carbocycles. The van der Waals surface area contributed by atoms with Crippen molar-refractivity contribution >= 4 is 0 Å². The van der Waals surface area contributed by atoms with Crippen LogP contribution in [0, 0.1) is 10.8 Å². The van der Waals surface area contributed by atoms with Gasteiger partial charge in [-0.15, -0.1) is 0 Å². The van der Waals surface area contributed by atoms with Crippen molar-refractivity contribution in [2.24, 2.45) is 16.6 Å². The van der Waals surface area contributed by atoms with Crippen molar-refractivity contribution in [3.63, 3.8) is 0 Å². The van der Waals surface area contributed by atoms with Crippen molar-refractivity contribution in [1.29, 1.82) is 0 Å². The Labute approximate surface area is 114 Å². The summed E-state index contributed by atoms with van der Waals surface area (Å²) in [5, 5.41) is 0. The third kappa shape index (κ3) is 4.24. The summed E-state index contributed by atoms with van der Waals surface area (Å²) in [6.45, 7) is 11.6. The van der Waals surface area contributed by atoms with Gasteiger partial charge in [0.1, 0.15) is 0 Å². The summed E-state index contributed by atoms with van der Waals surface area (Å²) >= 11 is 0. The molecular formula is C16H33NO. The van der Waals surface area contributed by atoms with E-state index in [1.54, 1.807) is 0 Å². The molecule has 0 aromatic rings. The van der Waals surface area contributed by atoms with Gasteiger partial charge in [0.15, 0.2) is 0 Å². The quantitative estimate of drug-likeness (QED) is 0.820. The predicted molar refractivity (Wildman–Crippen MR) is 78.7 cm³/mol. The molecule has 1 rings (SSSR count). The van der Waals surface area contributed by atoms with Gasteiger partial charge in [-0.05, 0) is 49.4 Å². The highest BCUT2D eigenvalue weighted by molar-refractivity contribution is 4.97. The van der Waals surface area contributed by atoms with Gasteiger partial charge >= 0.3 is 0 Å². The fraction of sp³-hybridized carbons (Fsp3) is 1.00. The second-order valence-corrected chi connectivity index (χ2v) is 8.14. The normalized spacial score (nSPS) is 24.8. The minimum atomic E-state index is -0.0687. The van der Waals surface area contributed by atoms with E-state index in [9.17, 15) is 0 Å². The summed E-state index contributed by atoms with van der Waals surface area (Å²) in [5.74, 6) is 0. The van der Waals surface area contributed by atoms with Crippen LogP contribution in [0.5, 0.6) is 0 Å². The zero-order valence-corrected chi connectivity index (χ0v) is 13.3. The first-order valence-corrected chi connectivity index (χ1v) is 7.41. The summed E-state index contributed by atoms with van der Waals surface area (Å²) < 4.78 is 5.87. The summed E-state index contributed by atoms with van der Waals surface area (Å²) in [6, 6.07) is 0.179. The maximum absolute atomic E-state index is 6.46. The van der Waals surface area contributed by atoms with Crippen LogP contribution in [0.3, 0.4) is 0 Å². The molecule has 0 heterocycles. The molecule has 2 heteroatoms. The third-order valence-corrected chi connectivity index (χ3v) is 4.74. The van der Waals surface area contributed by atoms with E-state index in [1.807, 2.05) is 7.11 Å². The van der Waals surface area contributed by atoms with E-state index in [0.29, 0.717) is 10.8 Å². The van der Waals surface area contributed by atoms with Gasteiger partial charge in [0, 0.05) is 13.2 Å². The van der Waals surface area contributed by atoms with Gasteiger partial charge in [-0.1, -0.05) is 34.6 Å². The summed E-state index contributed by atoms with van der Waals surface area (Å²) in [7, 11) is 1.84. The Morgan fingerprint density at radius 1 is 1.11 bits per heavy atom. The van der Waals surface area contributed by atoms with Crippen LogP contribution in [0.4, 0.5) is 0 Å². The molecule has 1 atom stereocenters. The molecular weight excluding hydrogens is 222 g/mol. The highest BCUT2D eigenvalue weighted by Crippen LogP contribution is 2.44. The van der Waals surface area contributed by atoms with Gasteiger partial charge in [-0.2, -0.15) is 0 Å². The van der Waals surface area contributed by atoms with Crippen molar-refractivity contribution in [3.05, 3.63) is 0 Å². The number of nitrogens with two attached hydrogens (primary N) is 1. The average Bonchev–Trinajstić information content (AvgIpc) is 2.26. The van der Waals surface area contributed by atoms with E-state index in [2.05, 4.69) is 34.6 Å². The van der Waals surface area contributed by atoms with Gasteiger partial charge in [-0.25, -0.2) is 0 Å². The molecule has 18 heavy (non-hydrogen) atoms. The molecule has 0 bridgehead atoms. The van der Waals surface area contributed by atoms with E-state index < -0.39 is 0 Å². The summed E-state index contributed by atoms with van der Waals surface area (Å²) in [6.07, 6.45) is 6.91. The van der Waals surface area contributed by atoms with Gasteiger partial charge in [-0.3, -0.25) is 0 Å².